The van der Waals surface area contributed by atoms with Crippen molar-refractivity contribution in [1.82, 2.24) is 18.6 Å². The van der Waals surface area contributed by atoms with Crippen molar-refractivity contribution < 1.29 is 8.42 Å². The maximum atomic E-state index is 12.8. The van der Waals surface area contributed by atoms with E-state index in [1.54, 1.807) is 14.9 Å². The van der Waals surface area contributed by atoms with E-state index in [-0.39, 0.29) is 0 Å². The fraction of sp³-hybridized carbons (Fsp3) is 0.778. The maximum absolute atomic E-state index is 12.8. The van der Waals surface area contributed by atoms with E-state index in [2.05, 4.69) is 20.9 Å². The Balaban J connectivity index is 1.26. The zero-order chi connectivity index (χ0) is 17.7. The summed E-state index contributed by atoms with van der Waals surface area (Å²) >= 11 is 0. The molecule has 1 aromatic rings. The monoisotopic (exact) mass is 377 g/mol. The van der Waals surface area contributed by atoms with E-state index in [1.165, 1.54) is 25.0 Å². The van der Waals surface area contributed by atoms with Crippen molar-refractivity contribution in [2.45, 2.75) is 38.0 Å². The minimum absolute atomic E-state index is 0.412. The lowest BCUT2D eigenvalue weighted by atomic mass is 9.83. The summed E-state index contributed by atoms with van der Waals surface area (Å²) in [6, 6.07) is 2.16. The maximum Gasteiger partial charge on any atom is 0.281 e. The second-order valence-electron chi connectivity index (χ2n) is 8.28. The summed E-state index contributed by atoms with van der Waals surface area (Å²) in [6.07, 6.45) is 7.46. The lowest BCUT2D eigenvalue weighted by molar-refractivity contribution is 0.385. The van der Waals surface area contributed by atoms with E-state index in [4.69, 9.17) is 0 Å². The number of aromatic nitrogens is 2. The van der Waals surface area contributed by atoms with E-state index < -0.39 is 10.2 Å². The van der Waals surface area contributed by atoms with Crippen molar-refractivity contribution in [2.24, 2.45) is 11.8 Å². The number of nitrogens with zero attached hydrogens (tertiary/aromatic N) is 5. The molecule has 4 heterocycles. The highest BCUT2D eigenvalue weighted by atomic mass is 32.2. The molecule has 3 aliphatic heterocycles. The van der Waals surface area contributed by atoms with E-state index >= 15 is 0 Å². The van der Waals surface area contributed by atoms with E-state index in [1.807, 2.05) is 0 Å². The highest BCUT2D eigenvalue weighted by Gasteiger charge is 2.46. The van der Waals surface area contributed by atoms with Gasteiger partial charge >= 0.3 is 0 Å². The van der Waals surface area contributed by atoms with Gasteiger partial charge in [-0.2, -0.15) is 17.0 Å². The van der Waals surface area contributed by atoms with Crippen LogP contribution >= 0.6 is 0 Å². The van der Waals surface area contributed by atoms with Crippen LogP contribution in [0.25, 0.3) is 0 Å². The predicted molar refractivity (Wildman–Crippen MR) is 99.1 cm³/mol. The Kier molecular flexibility index (Phi) is 4.17. The summed E-state index contributed by atoms with van der Waals surface area (Å²) in [5, 5.41) is 0. The molecular formula is C18H27N5O2S. The van der Waals surface area contributed by atoms with Crippen LogP contribution in [0.4, 0.5) is 5.82 Å². The summed E-state index contributed by atoms with van der Waals surface area (Å²) < 4.78 is 29.0. The molecule has 4 aliphatic rings. The summed E-state index contributed by atoms with van der Waals surface area (Å²) in [7, 11) is -3.25. The van der Waals surface area contributed by atoms with Gasteiger partial charge in [0.25, 0.3) is 10.2 Å². The van der Waals surface area contributed by atoms with Crippen LogP contribution in [0.3, 0.4) is 0 Å². The third-order valence-corrected chi connectivity index (χ3v) is 8.66. The zero-order valence-electron chi connectivity index (χ0n) is 15.1. The van der Waals surface area contributed by atoms with Crippen molar-refractivity contribution in [3.05, 3.63) is 18.1 Å². The molecule has 1 saturated carbocycles. The van der Waals surface area contributed by atoms with Crippen LogP contribution in [0.2, 0.25) is 0 Å². The number of anilines is 1. The minimum atomic E-state index is -3.25. The average Bonchev–Trinajstić information content (AvgIpc) is 3.29. The lowest BCUT2D eigenvalue weighted by Crippen LogP contribution is -2.42. The minimum Gasteiger partial charge on any atom is -0.356 e. The van der Waals surface area contributed by atoms with E-state index in [0.717, 1.165) is 31.7 Å². The summed E-state index contributed by atoms with van der Waals surface area (Å²) in [5.41, 5.74) is 1.18. The first kappa shape index (κ1) is 16.9. The van der Waals surface area contributed by atoms with Gasteiger partial charge in [-0.1, -0.05) is 6.42 Å². The third-order valence-electron chi connectivity index (χ3n) is 6.69. The van der Waals surface area contributed by atoms with Crippen molar-refractivity contribution in [3.63, 3.8) is 0 Å². The van der Waals surface area contributed by atoms with Gasteiger partial charge in [-0.25, -0.2) is 9.97 Å². The Hall–Kier alpha value is -1.25. The van der Waals surface area contributed by atoms with Crippen LogP contribution in [0, 0.1) is 11.8 Å². The number of hydrogen-bond donors (Lipinski definition) is 0. The van der Waals surface area contributed by atoms with Gasteiger partial charge in [0, 0.05) is 56.9 Å². The molecule has 2 unspecified atom stereocenters. The topological polar surface area (TPSA) is 69.6 Å². The molecule has 3 saturated heterocycles. The molecule has 0 aromatic carbocycles. The fourth-order valence-electron chi connectivity index (χ4n) is 4.87. The zero-order valence-corrected chi connectivity index (χ0v) is 15.9. The summed E-state index contributed by atoms with van der Waals surface area (Å²) in [4.78, 5) is 11.3. The Morgan fingerprint density at radius 2 is 1.58 bits per heavy atom. The molecule has 1 aromatic heterocycles. The summed E-state index contributed by atoms with van der Waals surface area (Å²) in [5.74, 6) is 2.45. The smallest absolute Gasteiger partial charge is 0.281 e. The molecule has 0 bridgehead atoms. The number of rotatable bonds is 4. The van der Waals surface area contributed by atoms with Crippen molar-refractivity contribution in [3.8, 4) is 0 Å². The van der Waals surface area contributed by atoms with Crippen molar-refractivity contribution in [2.75, 3.05) is 44.2 Å². The first-order chi connectivity index (χ1) is 12.6. The molecule has 0 radical (unpaired) electrons. The Morgan fingerprint density at radius 1 is 0.885 bits per heavy atom. The predicted octanol–water partition coefficient (Wildman–Crippen LogP) is 1.45. The van der Waals surface area contributed by atoms with Gasteiger partial charge < -0.3 is 4.90 Å². The molecule has 0 amide bonds. The van der Waals surface area contributed by atoms with Crippen LogP contribution in [0.15, 0.2) is 12.4 Å². The van der Waals surface area contributed by atoms with Gasteiger partial charge in [-0.3, -0.25) is 0 Å². The standard InChI is InChI=1S/C18H27N5O2S/c24-26(25,22-6-1-2-7-22)23-11-15-9-21(10-16(15)12-23)18-8-17(19-13-20-18)14-4-3-5-14/h8,13-16H,1-7,9-12H2. The van der Waals surface area contributed by atoms with E-state index in [9.17, 15) is 8.42 Å². The van der Waals surface area contributed by atoms with Crippen LogP contribution in [-0.4, -0.2) is 66.3 Å². The molecule has 0 spiro atoms. The SMILES string of the molecule is O=S(=O)(N1CCCC1)N1CC2CN(c3cc(C4CCC4)ncn3)CC2C1. The highest BCUT2D eigenvalue weighted by Crippen LogP contribution is 2.38. The third kappa shape index (κ3) is 2.82. The fourth-order valence-corrected chi connectivity index (χ4v) is 6.68. The Bertz CT molecular complexity index is 762. The molecule has 7 nitrogen and oxygen atoms in total. The second-order valence-corrected chi connectivity index (χ2v) is 10.2. The lowest BCUT2D eigenvalue weighted by Gasteiger charge is -2.27. The molecule has 1 aliphatic carbocycles. The van der Waals surface area contributed by atoms with Crippen molar-refractivity contribution in [1.29, 1.82) is 0 Å². The molecule has 0 N–H and O–H groups in total. The van der Waals surface area contributed by atoms with Gasteiger partial charge in [0.05, 0.1) is 0 Å². The Morgan fingerprint density at radius 3 is 2.19 bits per heavy atom. The molecule has 8 heteroatoms. The summed E-state index contributed by atoms with van der Waals surface area (Å²) in [6.45, 7) is 4.48. The molecule has 142 valence electrons. The molecule has 26 heavy (non-hydrogen) atoms. The molecule has 2 atom stereocenters. The quantitative estimate of drug-likeness (QED) is 0.794. The van der Waals surface area contributed by atoms with Crippen LogP contribution < -0.4 is 4.90 Å². The number of hydrogen-bond acceptors (Lipinski definition) is 5. The van der Waals surface area contributed by atoms with E-state index in [0.29, 0.717) is 43.9 Å². The van der Waals surface area contributed by atoms with Gasteiger partial charge in [0.1, 0.15) is 12.1 Å². The van der Waals surface area contributed by atoms with Gasteiger partial charge in [0.2, 0.25) is 0 Å². The van der Waals surface area contributed by atoms with Gasteiger partial charge in [0.15, 0.2) is 0 Å². The average molecular weight is 378 g/mol. The normalized spacial score (nSPS) is 30.7. The van der Waals surface area contributed by atoms with Gasteiger partial charge in [-0.05, 0) is 37.5 Å². The molecular weight excluding hydrogens is 350 g/mol. The first-order valence-electron chi connectivity index (χ1n) is 9.93. The van der Waals surface area contributed by atoms with Crippen LogP contribution in [0.5, 0.6) is 0 Å². The van der Waals surface area contributed by atoms with Crippen LogP contribution in [-0.2, 0) is 10.2 Å². The first-order valence-corrected chi connectivity index (χ1v) is 11.3. The largest absolute Gasteiger partial charge is 0.356 e. The van der Waals surface area contributed by atoms with Crippen LogP contribution in [0.1, 0.15) is 43.7 Å². The molecule has 4 fully saturated rings. The number of fused-ring (bicyclic) bond motifs is 1. The second kappa shape index (κ2) is 6.42. The van der Waals surface area contributed by atoms with Gasteiger partial charge in [-0.15, -0.1) is 0 Å². The van der Waals surface area contributed by atoms with Crippen molar-refractivity contribution >= 4 is 16.0 Å². The molecule has 5 rings (SSSR count). The highest BCUT2D eigenvalue weighted by molar-refractivity contribution is 7.86. The Labute approximate surface area is 155 Å².